The van der Waals surface area contributed by atoms with Crippen LogP contribution in [0.15, 0.2) is 0 Å². The molecule has 0 amide bonds. The second-order valence-corrected chi connectivity index (χ2v) is 5.22. The Hall–Kier alpha value is -0.160. The van der Waals surface area contributed by atoms with Crippen LogP contribution in [0.2, 0.25) is 0 Å². The van der Waals surface area contributed by atoms with Crippen LogP contribution in [0.25, 0.3) is 0 Å². The smallest absolute Gasteiger partial charge is 0.0826 e. The highest BCUT2D eigenvalue weighted by Crippen LogP contribution is 2.20. The van der Waals surface area contributed by atoms with Crippen LogP contribution in [0.1, 0.15) is 26.2 Å². The first kappa shape index (κ1) is 13.3. The summed E-state index contributed by atoms with van der Waals surface area (Å²) in [5, 5.41) is 3.39. The molecule has 2 saturated heterocycles. The predicted octanol–water partition coefficient (Wildman–Crippen LogP) is 0.864. The SMILES string of the molecule is CCC1CC(N(C)CC2CNCCO2)CCO1. The number of likely N-dealkylation sites (N-methyl/N-ethyl adjacent to an activating group) is 1. The van der Waals surface area contributed by atoms with Crippen LogP contribution >= 0.6 is 0 Å². The van der Waals surface area contributed by atoms with Gasteiger partial charge in [0, 0.05) is 32.3 Å². The first-order valence-corrected chi connectivity index (χ1v) is 6.93. The Morgan fingerprint density at radius 2 is 2.06 bits per heavy atom. The van der Waals surface area contributed by atoms with E-state index in [9.17, 15) is 0 Å². The van der Waals surface area contributed by atoms with Crippen molar-refractivity contribution in [1.82, 2.24) is 10.2 Å². The van der Waals surface area contributed by atoms with Crippen molar-refractivity contribution in [1.29, 1.82) is 0 Å². The zero-order chi connectivity index (χ0) is 12.1. The predicted molar refractivity (Wildman–Crippen MR) is 68.3 cm³/mol. The Labute approximate surface area is 105 Å². The van der Waals surface area contributed by atoms with E-state index in [0.717, 1.165) is 45.7 Å². The fourth-order valence-corrected chi connectivity index (χ4v) is 2.75. The first-order chi connectivity index (χ1) is 8.29. The zero-order valence-electron chi connectivity index (χ0n) is 11.2. The molecular formula is C13H26N2O2. The summed E-state index contributed by atoms with van der Waals surface area (Å²) in [6.07, 6.45) is 4.28. The van der Waals surface area contributed by atoms with Gasteiger partial charge in [0.15, 0.2) is 0 Å². The lowest BCUT2D eigenvalue weighted by Crippen LogP contribution is -2.48. The van der Waals surface area contributed by atoms with Crippen LogP contribution in [-0.4, -0.2) is 63.0 Å². The molecule has 0 spiro atoms. The van der Waals surface area contributed by atoms with Crippen LogP contribution in [0.5, 0.6) is 0 Å². The molecule has 2 rings (SSSR count). The third-order valence-corrected chi connectivity index (χ3v) is 3.91. The van der Waals surface area contributed by atoms with Gasteiger partial charge in [0.05, 0.1) is 18.8 Å². The fraction of sp³-hybridized carbons (Fsp3) is 1.00. The highest BCUT2D eigenvalue weighted by atomic mass is 16.5. The summed E-state index contributed by atoms with van der Waals surface area (Å²) in [6, 6.07) is 0.666. The molecule has 4 nitrogen and oxygen atoms in total. The van der Waals surface area contributed by atoms with Crippen LogP contribution in [0, 0.1) is 0 Å². The number of morpholine rings is 1. The Bertz CT molecular complexity index is 219. The molecule has 2 fully saturated rings. The molecule has 2 heterocycles. The van der Waals surface area contributed by atoms with Gasteiger partial charge in [-0.15, -0.1) is 0 Å². The van der Waals surface area contributed by atoms with Crippen LogP contribution in [-0.2, 0) is 9.47 Å². The molecule has 1 N–H and O–H groups in total. The van der Waals surface area contributed by atoms with Gasteiger partial charge in [-0.25, -0.2) is 0 Å². The maximum Gasteiger partial charge on any atom is 0.0826 e. The topological polar surface area (TPSA) is 33.7 Å². The van der Waals surface area contributed by atoms with Crippen molar-refractivity contribution in [3.8, 4) is 0 Å². The maximum absolute atomic E-state index is 5.76. The van der Waals surface area contributed by atoms with Gasteiger partial charge in [-0.05, 0) is 26.3 Å². The second-order valence-electron chi connectivity index (χ2n) is 5.22. The van der Waals surface area contributed by atoms with E-state index in [1.165, 1.54) is 6.42 Å². The lowest BCUT2D eigenvalue weighted by Gasteiger charge is -2.37. The standard InChI is InChI=1S/C13H26N2O2/c1-3-12-8-11(4-6-16-12)15(2)10-13-9-14-5-7-17-13/h11-14H,3-10H2,1-2H3. The van der Waals surface area contributed by atoms with Crippen molar-refractivity contribution in [2.75, 3.05) is 39.9 Å². The number of ether oxygens (including phenoxy) is 2. The first-order valence-electron chi connectivity index (χ1n) is 6.93. The fourth-order valence-electron chi connectivity index (χ4n) is 2.75. The van der Waals surface area contributed by atoms with E-state index in [4.69, 9.17) is 9.47 Å². The van der Waals surface area contributed by atoms with Gasteiger partial charge in [-0.2, -0.15) is 0 Å². The molecule has 17 heavy (non-hydrogen) atoms. The molecule has 3 unspecified atom stereocenters. The molecule has 0 aliphatic carbocycles. The van der Waals surface area contributed by atoms with E-state index in [-0.39, 0.29) is 0 Å². The van der Waals surface area contributed by atoms with E-state index >= 15 is 0 Å². The van der Waals surface area contributed by atoms with E-state index < -0.39 is 0 Å². The average Bonchev–Trinajstić information content (AvgIpc) is 2.40. The Balaban J connectivity index is 1.75. The highest BCUT2D eigenvalue weighted by Gasteiger charge is 2.26. The quantitative estimate of drug-likeness (QED) is 0.793. The molecule has 0 bridgehead atoms. The monoisotopic (exact) mass is 242 g/mol. The van der Waals surface area contributed by atoms with Crippen LogP contribution in [0.3, 0.4) is 0 Å². The maximum atomic E-state index is 5.76. The Morgan fingerprint density at radius 3 is 2.76 bits per heavy atom. The average molecular weight is 242 g/mol. The van der Waals surface area contributed by atoms with Gasteiger partial charge in [-0.1, -0.05) is 6.92 Å². The molecule has 3 atom stereocenters. The minimum Gasteiger partial charge on any atom is -0.378 e. The number of hydrogen-bond donors (Lipinski definition) is 1. The van der Waals surface area contributed by atoms with Gasteiger partial charge < -0.3 is 19.7 Å². The second kappa shape index (κ2) is 6.69. The number of rotatable bonds is 4. The molecule has 0 aromatic carbocycles. The summed E-state index contributed by atoms with van der Waals surface area (Å²) in [4.78, 5) is 2.46. The number of nitrogens with zero attached hydrogens (tertiary/aromatic N) is 1. The van der Waals surface area contributed by atoms with Gasteiger partial charge >= 0.3 is 0 Å². The van der Waals surface area contributed by atoms with Crippen molar-refractivity contribution >= 4 is 0 Å². The van der Waals surface area contributed by atoms with Gasteiger partial charge in [0.2, 0.25) is 0 Å². The molecule has 2 aliphatic rings. The molecule has 0 radical (unpaired) electrons. The van der Waals surface area contributed by atoms with Crippen molar-refractivity contribution in [2.24, 2.45) is 0 Å². The third-order valence-electron chi connectivity index (χ3n) is 3.91. The van der Waals surface area contributed by atoms with Crippen molar-refractivity contribution < 1.29 is 9.47 Å². The molecule has 4 heteroatoms. The molecule has 0 saturated carbocycles. The molecule has 2 aliphatic heterocycles. The lowest BCUT2D eigenvalue weighted by atomic mass is 10.00. The normalized spacial score (nSPS) is 35.1. The summed E-state index contributed by atoms with van der Waals surface area (Å²) >= 11 is 0. The van der Waals surface area contributed by atoms with E-state index in [1.54, 1.807) is 0 Å². The third kappa shape index (κ3) is 3.91. The molecule has 0 aromatic heterocycles. The summed E-state index contributed by atoms with van der Waals surface area (Å²) < 4.78 is 11.5. The molecular weight excluding hydrogens is 216 g/mol. The molecule has 0 aromatic rings. The van der Waals surface area contributed by atoms with E-state index in [0.29, 0.717) is 18.2 Å². The van der Waals surface area contributed by atoms with E-state index in [1.807, 2.05) is 0 Å². The van der Waals surface area contributed by atoms with Crippen LogP contribution < -0.4 is 5.32 Å². The van der Waals surface area contributed by atoms with Crippen LogP contribution in [0.4, 0.5) is 0 Å². The van der Waals surface area contributed by atoms with Crippen molar-refractivity contribution in [2.45, 2.75) is 44.4 Å². The van der Waals surface area contributed by atoms with Gasteiger partial charge in [-0.3, -0.25) is 0 Å². The summed E-state index contributed by atoms with van der Waals surface area (Å²) in [5.41, 5.74) is 0. The van der Waals surface area contributed by atoms with E-state index in [2.05, 4.69) is 24.2 Å². The Morgan fingerprint density at radius 1 is 1.24 bits per heavy atom. The van der Waals surface area contributed by atoms with Gasteiger partial charge in [0.1, 0.15) is 0 Å². The number of nitrogens with one attached hydrogen (secondary N) is 1. The largest absolute Gasteiger partial charge is 0.378 e. The molecule has 100 valence electrons. The Kier molecular flexibility index (Phi) is 5.22. The summed E-state index contributed by atoms with van der Waals surface area (Å²) in [7, 11) is 2.22. The lowest BCUT2D eigenvalue weighted by molar-refractivity contribution is -0.0426. The van der Waals surface area contributed by atoms with Crippen molar-refractivity contribution in [3.05, 3.63) is 0 Å². The highest BCUT2D eigenvalue weighted by molar-refractivity contribution is 4.80. The number of hydrogen-bond acceptors (Lipinski definition) is 4. The summed E-state index contributed by atoms with van der Waals surface area (Å²) in [6.45, 7) is 7.00. The minimum atomic E-state index is 0.358. The summed E-state index contributed by atoms with van der Waals surface area (Å²) in [5.74, 6) is 0. The zero-order valence-corrected chi connectivity index (χ0v) is 11.2. The van der Waals surface area contributed by atoms with Gasteiger partial charge in [0.25, 0.3) is 0 Å². The minimum absolute atomic E-state index is 0.358. The van der Waals surface area contributed by atoms with Crippen molar-refractivity contribution in [3.63, 3.8) is 0 Å².